The third kappa shape index (κ3) is 3.13. The summed E-state index contributed by atoms with van der Waals surface area (Å²) in [6.45, 7) is 6.30. The average Bonchev–Trinajstić information content (AvgIpc) is 2.62. The second-order valence-corrected chi connectivity index (χ2v) is 7.34. The lowest BCUT2D eigenvalue weighted by Crippen LogP contribution is -2.08. The number of anilines is 1. The SMILES string of the molecule is Cc1nc(C(C)Nc2ccc(Br)cc2Br)c(C)s1. The van der Waals surface area contributed by atoms with E-state index in [-0.39, 0.29) is 6.04 Å². The van der Waals surface area contributed by atoms with Gasteiger partial charge in [0.1, 0.15) is 0 Å². The van der Waals surface area contributed by atoms with Crippen molar-refractivity contribution in [3.63, 3.8) is 0 Å². The molecule has 0 bridgehead atoms. The van der Waals surface area contributed by atoms with Crippen LogP contribution in [0.15, 0.2) is 27.1 Å². The summed E-state index contributed by atoms with van der Waals surface area (Å²) in [5, 5.41) is 4.60. The van der Waals surface area contributed by atoms with Crippen LogP contribution in [0.3, 0.4) is 0 Å². The van der Waals surface area contributed by atoms with Crippen molar-refractivity contribution in [2.24, 2.45) is 0 Å². The van der Waals surface area contributed by atoms with E-state index >= 15 is 0 Å². The highest BCUT2D eigenvalue weighted by molar-refractivity contribution is 9.11. The normalized spacial score (nSPS) is 12.5. The molecule has 0 fully saturated rings. The van der Waals surface area contributed by atoms with Crippen molar-refractivity contribution in [3.05, 3.63) is 42.7 Å². The molecule has 1 aromatic heterocycles. The molecule has 1 aromatic carbocycles. The highest BCUT2D eigenvalue weighted by Gasteiger charge is 2.14. The highest BCUT2D eigenvalue weighted by atomic mass is 79.9. The minimum absolute atomic E-state index is 0.201. The molecule has 0 saturated carbocycles. The number of rotatable bonds is 3. The number of benzene rings is 1. The summed E-state index contributed by atoms with van der Waals surface area (Å²) in [6.07, 6.45) is 0. The van der Waals surface area contributed by atoms with Crippen molar-refractivity contribution in [2.75, 3.05) is 5.32 Å². The first-order valence-electron chi connectivity index (χ1n) is 5.63. The molecule has 1 N–H and O–H groups in total. The van der Waals surface area contributed by atoms with Crippen molar-refractivity contribution < 1.29 is 0 Å². The van der Waals surface area contributed by atoms with Gasteiger partial charge in [0.05, 0.1) is 16.7 Å². The maximum absolute atomic E-state index is 4.58. The fraction of sp³-hybridized carbons (Fsp3) is 0.308. The summed E-state index contributed by atoms with van der Waals surface area (Å²) < 4.78 is 2.11. The Morgan fingerprint density at radius 1 is 1.28 bits per heavy atom. The molecular weight excluding hydrogens is 376 g/mol. The molecule has 2 rings (SSSR count). The molecule has 1 unspecified atom stereocenters. The predicted octanol–water partition coefficient (Wildman–Crippen LogP) is 5.46. The van der Waals surface area contributed by atoms with Crippen molar-refractivity contribution in [3.8, 4) is 0 Å². The Kier molecular flexibility index (Phi) is 4.45. The summed E-state index contributed by atoms with van der Waals surface area (Å²) in [5.41, 5.74) is 2.21. The molecule has 0 saturated heterocycles. The number of halogens is 2. The van der Waals surface area contributed by atoms with Crippen molar-refractivity contribution in [2.45, 2.75) is 26.8 Å². The molecule has 5 heteroatoms. The highest BCUT2D eigenvalue weighted by Crippen LogP contribution is 2.30. The van der Waals surface area contributed by atoms with E-state index in [1.54, 1.807) is 11.3 Å². The lowest BCUT2D eigenvalue weighted by molar-refractivity contribution is 0.836. The van der Waals surface area contributed by atoms with Crippen LogP contribution in [0.25, 0.3) is 0 Å². The summed E-state index contributed by atoms with van der Waals surface area (Å²) in [6, 6.07) is 6.32. The van der Waals surface area contributed by atoms with Gasteiger partial charge in [-0.05, 0) is 54.9 Å². The molecule has 0 aliphatic rings. The van der Waals surface area contributed by atoms with Crippen molar-refractivity contribution >= 4 is 48.9 Å². The van der Waals surface area contributed by atoms with Crippen LogP contribution >= 0.6 is 43.2 Å². The van der Waals surface area contributed by atoms with Crippen molar-refractivity contribution in [1.29, 1.82) is 0 Å². The van der Waals surface area contributed by atoms with E-state index in [1.165, 1.54) is 4.88 Å². The Morgan fingerprint density at radius 3 is 2.56 bits per heavy atom. The molecule has 0 amide bonds. The van der Waals surface area contributed by atoms with E-state index in [0.29, 0.717) is 0 Å². The fourth-order valence-corrected chi connectivity index (χ4v) is 3.93. The van der Waals surface area contributed by atoms with Crippen LogP contribution < -0.4 is 5.32 Å². The van der Waals surface area contributed by atoms with Crippen LogP contribution in [0.5, 0.6) is 0 Å². The second kappa shape index (κ2) is 5.72. The van der Waals surface area contributed by atoms with Gasteiger partial charge in [0, 0.05) is 19.5 Å². The number of thiazole rings is 1. The van der Waals surface area contributed by atoms with Gasteiger partial charge in [0.25, 0.3) is 0 Å². The number of nitrogens with one attached hydrogen (secondary N) is 1. The molecule has 2 aromatic rings. The molecule has 0 aliphatic carbocycles. The second-order valence-electron chi connectivity index (χ2n) is 4.16. The zero-order chi connectivity index (χ0) is 13.3. The number of aryl methyl sites for hydroxylation is 2. The van der Waals surface area contributed by atoms with Gasteiger partial charge in [0.15, 0.2) is 0 Å². The molecule has 2 nitrogen and oxygen atoms in total. The van der Waals surface area contributed by atoms with Crippen LogP contribution in [0.2, 0.25) is 0 Å². The van der Waals surface area contributed by atoms with Gasteiger partial charge in [-0.2, -0.15) is 0 Å². The maximum Gasteiger partial charge on any atom is 0.0901 e. The smallest absolute Gasteiger partial charge is 0.0901 e. The quantitative estimate of drug-likeness (QED) is 0.753. The van der Waals surface area contributed by atoms with Crippen LogP contribution in [0, 0.1) is 13.8 Å². The predicted molar refractivity (Wildman–Crippen MR) is 85.5 cm³/mol. The van der Waals surface area contributed by atoms with E-state index in [9.17, 15) is 0 Å². The monoisotopic (exact) mass is 388 g/mol. The largest absolute Gasteiger partial charge is 0.376 e. The van der Waals surface area contributed by atoms with E-state index < -0.39 is 0 Å². The van der Waals surface area contributed by atoms with Crippen LogP contribution in [0.1, 0.15) is 28.5 Å². The van der Waals surface area contributed by atoms with E-state index in [2.05, 4.69) is 62.1 Å². The molecule has 0 aliphatic heterocycles. The number of hydrogen-bond acceptors (Lipinski definition) is 3. The molecule has 18 heavy (non-hydrogen) atoms. The van der Waals surface area contributed by atoms with Gasteiger partial charge in [-0.15, -0.1) is 11.3 Å². The van der Waals surface area contributed by atoms with Crippen LogP contribution in [-0.2, 0) is 0 Å². The summed E-state index contributed by atoms with van der Waals surface area (Å²) in [5.74, 6) is 0. The Morgan fingerprint density at radius 2 is 2.00 bits per heavy atom. The standard InChI is InChI=1S/C13H14Br2N2S/c1-7(13-8(2)18-9(3)17-13)16-12-5-4-10(14)6-11(12)15/h4-7,16H,1-3H3. The topological polar surface area (TPSA) is 24.9 Å². The van der Waals surface area contributed by atoms with Crippen LogP contribution in [-0.4, -0.2) is 4.98 Å². The fourth-order valence-electron chi connectivity index (χ4n) is 1.85. The third-order valence-electron chi connectivity index (χ3n) is 2.65. The number of nitrogens with zero attached hydrogens (tertiary/aromatic N) is 1. The average molecular weight is 390 g/mol. The molecule has 1 atom stereocenters. The first kappa shape index (κ1) is 14.0. The number of aromatic nitrogens is 1. The van der Waals surface area contributed by atoms with Gasteiger partial charge in [0.2, 0.25) is 0 Å². The summed E-state index contributed by atoms with van der Waals surface area (Å²) >= 11 is 8.76. The Hall–Kier alpha value is -0.390. The summed E-state index contributed by atoms with van der Waals surface area (Å²) in [4.78, 5) is 5.86. The van der Waals surface area contributed by atoms with E-state index in [4.69, 9.17) is 0 Å². The molecule has 0 radical (unpaired) electrons. The van der Waals surface area contributed by atoms with E-state index in [0.717, 1.165) is 25.3 Å². The van der Waals surface area contributed by atoms with Gasteiger partial charge >= 0.3 is 0 Å². The van der Waals surface area contributed by atoms with Crippen LogP contribution in [0.4, 0.5) is 5.69 Å². The minimum Gasteiger partial charge on any atom is -0.376 e. The van der Waals surface area contributed by atoms with Gasteiger partial charge in [-0.1, -0.05) is 15.9 Å². The molecule has 0 spiro atoms. The van der Waals surface area contributed by atoms with Gasteiger partial charge in [-0.3, -0.25) is 0 Å². The molecule has 1 heterocycles. The zero-order valence-electron chi connectivity index (χ0n) is 10.4. The maximum atomic E-state index is 4.58. The van der Waals surface area contributed by atoms with Crippen molar-refractivity contribution in [1.82, 2.24) is 4.98 Å². The Bertz CT molecular complexity index is 566. The first-order chi connectivity index (χ1) is 8.47. The first-order valence-corrected chi connectivity index (χ1v) is 8.03. The third-order valence-corrected chi connectivity index (χ3v) is 4.70. The molecule has 96 valence electrons. The zero-order valence-corrected chi connectivity index (χ0v) is 14.4. The van der Waals surface area contributed by atoms with E-state index in [1.807, 2.05) is 19.1 Å². The Labute approximate surface area is 128 Å². The molecular formula is C13H14Br2N2S. The van der Waals surface area contributed by atoms with Gasteiger partial charge in [-0.25, -0.2) is 4.98 Å². The lowest BCUT2D eigenvalue weighted by Gasteiger charge is -2.15. The number of hydrogen-bond donors (Lipinski definition) is 1. The lowest BCUT2D eigenvalue weighted by atomic mass is 10.2. The van der Waals surface area contributed by atoms with Gasteiger partial charge < -0.3 is 5.32 Å². The minimum atomic E-state index is 0.201. The summed E-state index contributed by atoms with van der Waals surface area (Å²) in [7, 11) is 0. The Balaban J connectivity index is 2.21.